The Morgan fingerprint density at radius 1 is 0.923 bits per heavy atom. The number of methoxy groups -OCH3 is 2. The maximum atomic E-state index is 13.1. The molecule has 10 heteroatoms. The Hall–Kier alpha value is -1.71. The van der Waals surface area contributed by atoms with Crippen LogP contribution in [0.1, 0.15) is 20.7 Å². The van der Waals surface area contributed by atoms with Crippen LogP contribution in [0.15, 0.2) is 33.2 Å². The zero-order valence-electron chi connectivity index (χ0n) is 13.3. The normalized spacial score (nSPS) is 9.81. The van der Waals surface area contributed by atoms with Gasteiger partial charge >= 0.3 is 5.97 Å². The van der Waals surface area contributed by atoms with E-state index in [9.17, 15) is 18.4 Å². The molecular weight excluding hydrogens is 505 g/mol. The fraction of sp³-hybridized carbons (Fsp3) is 0.125. The Kier molecular flexibility index (Phi) is 8.45. The van der Waals surface area contributed by atoms with Gasteiger partial charge in [0.1, 0.15) is 23.1 Å². The number of hydrogen-bond acceptors (Lipinski definition) is 4. The third-order valence-electron chi connectivity index (χ3n) is 2.93. The van der Waals surface area contributed by atoms with Crippen molar-refractivity contribution in [1.82, 2.24) is 0 Å². The number of carbonyl (C=O) groups excluding carboxylic acids is 1. The number of carboxylic acids is 1. The fourth-order valence-electron chi connectivity index (χ4n) is 1.68. The fourth-order valence-corrected chi connectivity index (χ4v) is 2.84. The molecule has 0 saturated heterocycles. The van der Waals surface area contributed by atoms with Gasteiger partial charge in [-0.15, -0.1) is 0 Å². The lowest BCUT2D eigenvalue weighted by Crippen LogP contribution is -2.01. The van der Waals surface area contributed by atoms with E-state index in [-0.39, 0.29) is 16.9 Å². The van der Waals surface area contributed by atoms with Gasteiger partial charge in [0.05, 0.1) is 34.3 Å². The van der Waals surface area contributed by atoms with E-state index in [1.807, 2.05) is 0 Å². The zero-order valence-corrected chi connectivity index (χ0v) is 17.2. The summed E-state index contributed by atoms with van der Waals surface area (Å²) in [6.45, 7) is 0. The second kappa shape index (κ2) is 9.84. The molecule has 0 amide bonds. The molecule has 0 aliphatic heterocycles. The van der Waals surface area contributed by atoms with E-state index in [2.05, 4.69) is 31.9 Å². The van der Waals surface area contributed by atoms with Gasteiger partial charge in [0.2, 0.25) is 0 Å². The molecule has 140 valence electrons. The quantitative estimate of drug-likeness (QED) is 0.561. The van der Waals surface area contributed by atoms with Crippen molar-refractivity contribution in [2.24, 2.45) is 0 Å². The second-order valence-electron chi connectivity index (χ2n) is 4.51. The van der Waals surface area contributed by atoms with Gasteiger partial charge in [-0.2, -0.15) is 0 Å². The number of aromatic carboxylic acids is 1. The predicted molar refractivity (Wildman–Crippen MR) is 98.4 cm³/mol. The van der Waals surface area contributed by atoms with E-state index >= 15 is 0 Å². The summed E-state index contributed by atoms with van der Waals surface area (Å²) in [5, 5.41) is 7.72. The first-order chi connectivity index (χ1) is 12.1. The van der Waals surface area contributed by atoms with E-state index in [4.69, 9.17) is 26.2 Å². The third-order valence-corrected chi connectivity index (χ3v) is 4.37. The molecule has 0 heterocycles. The lowest BCUT2D eigenvalue weighted by Gasteiger charge is -2.04. The first-order valence-electron chi connectivity index (χ1n) is 6.61. The highest BCUT2D eigenvalue weighted by atomic mass is 79.9. The standard InChI is InChI=1S/C8H5BrClFO2.C8H6BrFO3/c1-13-7-3-6(11)4(8(10)12)2-5(7)9;1-13-7-3-6(10)4(8(11)12)2-5(7)9/h2-3H,1H3;2-3H,1H3,(H,11,12). The minimum absolute atomic E-state index is 0.172. The summed E-state index contributed by atoms with van der Waals surface area (Å²) < 4.78 is 36.5. The highest BCUT2D eigenvalue weighted by Gasteiger charge is 2.14. The van der Waals surface area contributed by atoms with E-state index in [1.54, 1.807) is 0 Å². The smallest absolute Gasteiger partial charge is 0.338 e. The molecule has 2 aromatic rings. The SMILES string of the molecule is COc1cc(F)c(C(=O)Cl)cc1Br.COc1cc(F)c(C(=O)O)cc1Br. The van der Waals surface area contributed by atoms with E-state index in [1.165, 1.54) is 20.3 Å². The van der Waals surface area contributed by atoms with Gasteiger partial charge < -0.3 is 14.6 Å². The largest absolute Gasteiger partial charge is 0.495 e. The zero-order chi connectivity index (χ0) is 20.0. The number of hydrogen-bond donors (Lipinski definition) is 1. The number of carboxylic acid groups (broad SMARTS) is 1. The molecular formula is C16H11Br2ClF2O5. The first kappa shape index (κ1) is 22.3. The number of carbonyl (C=O) groups is 2. The van der Waals surface area contributed by atoms with Crippen molar-refractivity contribution in [2.75, 3.05) is 14.2 Å². The summed E-state index contributed by atoms with van der Waals surface area (Å²) in [5.41, 5.74) is -0.554. The molecule has 0 spiro atoms. The Morgan fingerprint density at radius 3 is 1.65 bits per heavy atom. The van der Waals surface area contributed by atoms with Gasteiger partial charge in [-0.25, -0.2) is 13.6 Å². The summed E-state index contributed by atoms with van der Waals surface area (Å²) in [6.07, 6.45) is 0. The average molecular weight is 517 g/mol. The molecule has 26 heavy (non-hydrogen) atoms. The van der Waals surface area contributed by atoms with Gasteiger partial charge in [0.25, 0.3) is 5.24 Å². The van der Waals surface area contributed by atoms with Crippen LogP contribution in [-0.2, 0) is 0 Å². The van der Waals surface area contributed by atoms with Crippen LogP contribution in [0.4, 0.5) is 8.78 Å². The number of halogens is 5. The number of benzene rings is 2. The number of ether oxygens (including phenoxy) is 2. The van der Waals surface area contributed by atoms with Gasteiger partial charge in [-0.05, 0) is 55.6 Å². The summed E-state index contributed by atoms with van der Waals surface area (Å²) >= 11 is 11.3. The summed E-state index contributed by atoms with van der Waals surface area (Å²) in [7, 11) is 2.78. The van der Waals surface area contributed by atoms with Crippen LogP contribution in [0.3, 0.4) is 0 Å². The summed E-state index contributed by atoms with van der Waals surface area (Å²) in [5.74, 6) is -2.23. The minimum Gasteiger partial charge on any atom is -0.495 e. The van der Waals surface area contributed by atoms with Crippen molar-refractivity contribution in [3.63, 3.8) is 0 Å². The van der Waals surface area contributed by atoms with Crippen LogP contribution in [0.5, 0.6) is 11.5 Å². The molecule has 0 unspecified atom stereocenters. The van der Waals surface area contributed by atoms with Crippen LogP contribution in [-0.4, -0.2) is 30.5 Å². The van der Waals surface area contributed by atoms with Crippen molar-refractivity contribution >= 4 is 54.7 Å². The molecule has 2 rings (SSSR count). The molecule has 0 radical (unpaired) electrons. The van der Waals surface area contributed by atoms with Crippen LogP contribution >= 0.6 is 43.5 Å². The molecule has 0 fully saturated rings. The third kappa shape index (κ3) is 5.65. The van der Waals surface area contributed by atoms with E-state index in [0.29, 0.717) is 14.7 Å². The Labute approximate surface area is 169 Å². The summed E-state index contributed by atoms with van der Waals surface area (Å²) in [4.78, 5) is 21.2. The monoisotopic (exact) mass is 514 g/mol. The van der Waals surface area contributed by atoms with Crippen molar-refractivity contribution < 1.29 is 33.0 Å². The predicted octanol–water partition coefficient (Wildman–Crippen LogP) is 5.27. The van der Waals surface area contributed by atoms with Crippen molar-refractivity contribution in [3.05, 3.63) is 56.0 Å². The maximum absolute atomic E-state index is 13.1. The molecule has 5 nitrogen and oxygen atoms in total. The lowest BCUT2D eigenvalue weighted by atomic mass is 10.2. The molecule has 2 aromatic carbocycles. The average Bonchev–Trinajstić information content (AvgIpc) is 2.58. The van der Waals surface area contributed by atoms with Crippen molar-refractivity contribution in [3.8, 4) is 11.5 Å². The highest BCUT2D eigenvalue weighted by Crippen LogP contribution is 2.29. The van der Waals surface area contributed by atoms with Gasteiger partial charge in [-0.3, -0.25) is 4.79 Å². The Balaban J connectivity index is 0.000000260. The van der Waals surface area contributed by atoms with Gasteiger partial charge in [0.15, 0.2) is 0 Å². The van der Waals surface area contributed by atoms with Crippen molar-refractivity contribution in [1.29, 1.82) is 0 Å². The van der Waals surface area contributed by atoms with Crippen LogP contribution in [0.25, 0.3) is 0 Å². The first-order valence-corrected chi connectivity index (χ1v) is 8.57. The minimum atomic E-state index is -1.30. The summed E-state index contributed by atoms with van der Waals surface area (Å²) in [6, 6.07) is 4.56. The highest BCUT2D eigenvalue weighted by molar-refractivity contribution is 9.10. The number of rotatable bonds is 4. The maximum Gasteiger partial charge on any atom is 0.338 e. The van der Waals surface area contributed by atoms with Crippen LogP contribution in [0, 0.1) is 11.6 Å². The molecule has 1 N–H and O–H groups in total. The van der Waals surface area contributed by atoms with Crippen LogP contribution < -0.4 is 9.47 Å². The topological polar surface area (TPSA) is 72.8 Å². The van der Waals surface area contributed by atoms with E-state index in [0.717, 1.165) is 18.2 Å². The molecule has 0 aliphatic carbocycles. The van der Waals surface area contributed by atoms with Gasteiger partial charge in [0, 0.05) is 12.1 Å². The van der Waals surface area contributed by atoms with Crippen LogP contribution in [0.2, 0.25) is 0 Å². The Bertz CT molecular complexity index is 776. The lowest BCUT2D eigenvalue weighted by molar-refractivity contribution is 0.0691. The second-order valence-corrected chi connectivity index (χ2v) is 6.56. The van der Waals surface area contributed by atoms with Crippen molar-refractivity contribution in [2.45, 2.75) is 0 Å². The molecule has 0 saturated carbocycles. The molecule has 0 atom stereocenters. The van der Waals surface area contributed by atoms with E-state index < -0.39 is 22.8 Å². The molecule has 0 aromatic heterocycles. The Morgan fingerprint density at radius 2 is 1.31 bits per heavy atom. The molecule has 0 bridgehead atoms. The van der Waals surface area contributed by atoms with Gasteiger partial charge in [-0.1, -0.05) is 0 Å². The molecule has 0 aliphatic rings.